The first-order valence-electron chi connectivity index (χ1n) is 8.98. The summed E-state index contributed by atoms with van der Waals surface area (Å²) in [4.78, 5) is 26.3. The fourth-order valence-electron chi connectivity index (χ4n) is 3.23. The van der Waals surface area contributed by atoms with Crippen molar-refractivity contribution < 1.29 is 13.9 Å². The van der Waals surface area contributed by atoms with Gasteiger partial charge in [0.15, 0.2) is 12.4 Å². The van der Waals surface area contributed by atoms with Crippen LogP contribution in [0.25, 0.3) is 22.3 Å². The van der Waals surface area contributed by atoms with E-state index >= 15 is 0 Å². The van der Waals surface area contributed by atoms with Gasteiger partial charge >= 0.3 is 0 Å². The molecule has 0 radical (unpaired) electrons. The molecule has 0 saturated carbocycles. The van der Waals surface area contributed by atoms with Gasteiger partial charge in [0.1, 0.15) is 5.58 Å². The lowest BCUT2D eigenvalue weighted by molar-refractivity contribution is 0.0924. The lowest BCUT2D eigenvalue weighted by atomic mass is 10.1. The summed E-state index contributed by atoms with van der Waals surface area (Å²) in [6.45, 7) is 3.53. The maximum absolute atomic E-state index is 13.3. The highest BCUT2D eigenvalue weighted by Crippen LogP contribution is 2.36. The molecular formula is C23H17ClO4S. The number of halogens is 1. The van der Waals surface area contributed by atoms with Crippen LogP contribution in [0.3, 0.4) is 0 Å². The smallest absolute Gasteiger partial charge is 0.235 e. The zero-order valence-electron chi connectivity index (χ0n) is 15.8. The molecule has 0 amide bonds. The third-order valence-corrected chi connectivity index (χ3v) is 5.78. The Balaban J connectivity index is 1.89. The van der Waals surface area contributed by atoms with E-state index in [1.807, 2.05) is 25.3 Å². The first-order valence-corrected chi connectivity index (χ1v) is 10.2. The minimum absolute atomic E-state index is 0.0134. The number of ether oxygens (including phenoxy) is 1. The molecule has 0 atom stereocenters. The summed E-state index contributed by atoms with van der Waals surface area (Å²) in [5.41, 5.74) is 2.46. The Morgan fingerprint density at radius 1 is 1.14 bits per heavy atom. The molecule has 0 bridgehead atoms. The molecule has 4 aromatic rings. The summed E-state index contributed by atoms with van der Waals surface area (Å²) >= 11 is 7.69. The molecule has 29 heavy (non-hydrogen) atoms. The largest absolute Gasteiger partial charge is 0.478 e. The number of benzene rings is 2. The van der Waals surface area contributed by atoms with Crippen LogP contribution >= 0.6 is 22.9 Å². The molecule has 4 nitrogen and oxygen atoms in total. The van der Waals surface area contributed by atoms with Gasteiger partial charge in [-0.05, 0) is 54.6 Å². The maximum Gasteiger partial charge on any atom is 0.235 e. The molecular weight excluding hydrogens is 408 g/mol. The van der Waals surface area contributed by atoms with E-state index in [1.165, 1.54) is 11.3 Å². The van der Waals surface area contributed by atoms with E-state index in [2.05, 4.69) is 0 Å². The van der Waals surface area contributed by atoms with Crippen molar-refractivity contribution in [2.24, 2.45) is 0 Å². The van der Waals surface area contributed by atoms with Crippen LogP contribution in [0.1, 0.15) is 20.8 Å². The number of hydrogen-bond acceptors (Lipinski definition) is 5. The fraction of sp³-hybridized carbons (Fsp3) is 0.130. The highest BCUT2D eigenvalue weighted by atomic mass is 35.5. The zero-order chi connectivity index (χ0) is 20.5. The van der Waals surface area contributed by atoms with Gasteiger partial charge in [-0.1, -0.05) is 35.9 Å². The first kappa shape index (κ1) is 19.4. The van der Waals surface area contributed by atoms with Crippen LogP contribution < -0.4 is 10.2 Å². The third-order valence-electron chi connectivity index (χ3n) is 4.54. The Kier molecular flexibility index (Phi) is 5.26. The second kappa shape index (κ2) is 7.85. The van der Waals surface area contributed by atoms with Crippen LogP contribution in [0.4, 0.5) is 0 Å². The normalized spacial score (nSPS) is 11.0. The Morgan fingerprint density at radius 3 is 2.66 bits per heavy atom. The topological polar surface area (TPSA) is 56.5 Å². The molecule has 2 aromatic carbocycles. The van der Waals surface area contributed by atoms with E-state index in [9.17, 15) is 9.59 Å². The molecule has 0 fully saturated rings. The first-order chi connectivity index (χ1) is 14.0. The second-order valence-corrected chi connectivity index (χ2v) is 8.07. The molecule has 0 unspecified atom stereocenters. The number of ketones is 1. The van der Waals surface area contributed by atoms with E-state index in [1.54, 1.807) is 42.5 Å². The van der Waals surface area contributed by atoms with Gasteiger partial charge in [-0.15, -0.1) is 11.3 Å². The maximum atomic E-state index is 13.3. The van der Waals surface area contributed by atoms with Crippen molar-refractivity contribution in [3.05, 3.63) is 85.2 Å². The van der Waals surface area contributed by atoms with Crippen LogP contribution in [-0.2, 0) is 0 Å². The molecule has 6 heteroatoms. The van der Waals surface area contributed by atoms with Gasteiger partial charge in [-0.25, -0.2) is 0 Å². The Labute approximate surface area is 176 Å². The van der Waals surface area contributed by atoms with E-state index in [-0.39, 0.29) is 29.3 Å². The number of carbonyl (C=O) groups excluding carboxylic acids is 1. The molecule has 0 aliphatic rings. The fourth-order valence-corrected chi connectivity index (χ4v) is 4.10. The number of thiophene rings is 1. The number of hydrogen-bond donors (Lipinski definition) is 0. The molecule has 4 rings (SSSR count). The summed E-state index contributed by atoms with van der Waals surface area (Å²) in [5, 5.41) is 2.66. The molecule has 2 aromatic heterocycles. The van der Waals surface area contributed by atoms with E-state index in [0.717, 1.165) is 11.1 Å². The highest BCUT2D eigenvalue weighted by molar-refractivity contribution is 7.12. The number of aryl methyl sites for hydroxylation is 2. The van der Waals surface area contributed by atoms with Gasteiger partial charge in [-0.3, -0.25) is 9.59 Å². The summed E-state index contributed by atoms with van der Waals surface area (Å²) in [6, 6.07) is 14.3. The van der Waals surface area contributed by atoms with Crippen molar-refractivity contribution in [2.45, 2.75) is 13.8 Å². The average Bonchev–Trinajstić information content (AvgIpc) is 3.23. The van der Waals surface area contributed by atoms with Crippen molar-refractivity contribution >= 4 is 39.7 Å². The average molecular weight is 425 g/mol. The van der Waals surface area contributed by atoms with Crippen LogP contribution in [0.15, 0.2) is 63.1 Å². The van der Waals surface area contributed by atoms with Gasteiger partial charge in [0.2, 0.25) is 17.0 Å². The second-order valence-electron chi connectivity index (χ2n) is 6.72. The molecule has 0 saturated heterocycles. The van der Waals surface area contributed by atoms with Gasteiger partial charge < -0.3 is 9.15 Å². The number of rotatable bonds is 5. The van der Waals surface area contributed by atoms with E-state index < -0.39 is 0 Å². The molecule has 0 N–H and O–H groups in total. The van der Waals surface area contributed by atoms with Crippen LogP contribution in [0.2, 0.25) is 5.02 Å². The van der Waals surface area contributed by atoms with Gasteiger partial charge in [0.25, 0.3) is 0 Å². The van der Waals surface area contributed by atoms with E-state index in [0.29, 0.717) is 26.4 Å². The summed E-state index contributed by atoms with van der Waals surface area (Å²) < 4.78 is 11.9. The Morgan fingerprint density at radius 2 is 1.93 bits per heavy atom. The van der Waals surface area contributed by atoms with Crippen LogP contribution in [0, 0.1) is 13.8 Å². The molecule has 0 aliphatic heterocycles. The summed E-state index contributed by atoms with van der Waals surface area (Å²) in [5.74, 6) is 0.00423. The molecule has 2 heterocycles. The standard InChI is InChI=1S/C23H17ClO4S/c1-13-10-14(2)21-16(11-13)20(26)23(27-12-18(25)19-8-5-9-29-19)22(28-21)15-6-3-4-7-17(15)24/h3-11H,12H2,1-2H3. The summed E-state index contributed by atoms with van der Waals surface area (Å²) in [6.07, 6.45) is 0. The summed E-state index contributed by atoms with van der Waals surface area (Å²) in [7, 11) is 0. The number of carbonyl (C=O) groups is 1. The van der Waals surface area contributed by atoms with Gasteiger partial charge in [-0.2, -0.15) is 0 Å². The quantitative estimate of drug-likeness (QED) is 0.366. The lowest BCUT2D eigenvalue weighted by Gasteiger charge is -2.13. The van der Waals surface area contributed by atoms with Crippen LogP contribution in [0.5, 0.6) is 5.75 Å². The van der Waals surface area contributed by atoms with Crippen molar-refractivity contribution in [3.8, 4) is 17.1 Å². The molecule has 0 aliphatic carbocycles. The lowest BCUT2D eigenvalue weighted by Crippen LogP contribution is -2.16. The number of fused-ring (bicyclic) bond motifs is 1. The highest BCUT2D eigenvalue weighted by Gasteiger charge is 2.22. The van der Waals surface area contributed by atoms with E-state index in [4.69, 9.17) is 20.8 Å². The third kappa shape index (κ3) is 3.71. The van der Waals surface area contributed by atoms with Crippen LogP contribution in [-0.4, -0.2) is 12.4 Å². The van der Waals surface area contributed by atoms with Crippen molar-refractivity contribution in [3.63, 3.8) is 0 Å². The van der Waals surface area contributed by atoms with Gasteiger partial charge in [0, 0.05) is 5.56 Å². The van der Waals surface area contributed by atoms with Crippen molar-refractivity contribution in [1.29, 1.82) is 0 Å². The predicted octanol–water partition coefficient (Wildman–Crippen LogP) is 6.05. The minimum Gasteiger partial charge on any atom is -0.478 e. The number of Topliss-reactive ketones (excluding diaryl/α,β-unsaturated/α-hetero) is 1. The Bertz CT molecular complexity index is 1270. The molecule has 0 spiro atoms. The monoisotopic (exact) mass is 424 g/mol. The van der Waals surface area contributed by atoms with Gasteiger partial charge in [0.05, 0.1) is 15.3 Å². The Hall–Kier alpha value is -2.89. The minimum atomic E-state index is -0.327. The zero-order valence-corrected chi connectivity index (χ0v) is 17.4. The molecule has 146 valence electrons. The SMILES string of the molecule is Cc1cc(C)c2oc(-c3ccccc3Cl)c(OCC(=O)c3cccs3)c(=O)c2c1. The van der Waals surface area contributed by atoms with Crippen molar-refractivity contribution in [2.75, 3.05) is 6.61 Å². The predicted molar refractivity (Wildman–Crippen MR) is 117 cm³/mol. The van der Waals surface area contributed by atoms with Crippen molar-refractivity contribution in [1.82, 2.24) is 0 Å².